The first-order valence-corrected chi connectivity index (χ1v) is 7.55. The maximum atomic E-state index is 6.02. The Bertz CT molecular complexity index is 497. The third kappa shape index (κ3) is 3.70. The van der Waals surface area contributed by atoms with Crippen LogP contribution < -0.4 is 5.84 Å². The predicted molar refractivity (Wildman–Crippen MR) is 78.3 cm³/mol. The first-order valence-electron chi connectivity index (χ1n) is 6.56. The van der Waals surface area contributed by atoms with Gasteiger partial charge in [0.15, 0.2) is 5.82 Å². The summed E-state index contributed by atoms with van der Waals surface area (Å²) in [6.45, 7) is 2.21. The van der Waals surface area contributed by atoms with Crippen LogP contribution in [0.2, 0.25) is 0 Å². The summed E-state index contributed by atoms with van der Waals surface area (Å²) >= 11 is 1.66. The molecule has 2 heterocycles. The van der Waals surface area contributed by atoms with Crippen LogP contribution in [0.4, 0.5) is 0 Å². The van der Waals surface area contributed by atoms with E-state index in [9.17, 15) is 0 Å². The van der Waals surface area contributed by atoms with E-state index in [1.54, 1.807) is 28.8 Å². The SMILES string of the molecule is CCCCCCSc1nnc(-c2cccnc2)n1N. The second-order valence-corrected chi connectivity index (χ2v) is 5.39. The van der Waals surface area contributed by atoms with Crippen LogP contribution in [-0.4, -0.2) is 25.6 Å². The van der Waals surface area contributed by atoms with E-state index in [0.717, 1.165) is 16.5 Å². The molecule has 2 aromatic rings. The Morgan fingerprint density at radius 2 is 2.16 bits per heavy atom. The number of hydrogen-bond donors (Lipinski definition) is 1. The van der Waals surface area contributed by atoms with E-state index in [2.05, 4.69) is 22.1 Å². The summed E-state index contributed by atoms with van der Waals surface area (Å²) in [6.07, 6.45) is 8.46. The summed E-state index contributed by atoms with van der Waals surface area (Å²) in [7, 11) is 0. The van der Waals surface area contributed by atoms with Crippen molar-refractivity contribution in [2.75, 3.05) is 11.6 Å². The molecule has 0 aromatic carbocycles. The molecular formula is C13H19N5S. The first kappa shape index (κ1) is 13.9. The van der Waals surface area contributed by atoms with E-state index in [-0.39, 0.29) is 0 Å². The Labute approximate surface area is 117 Å². The van der Waals surface area contributed by atoms with E-state index >= 15 is 0 Å². The monoisotopic (exact) mass is 277 g/mol. The highest BCUT2D eigenvalue weighted by Gasteiger charge is 2.11. The fraction of sp³-hybridized carbons (Fsp3) is 0.462. The number of nitrogen functional groups attached to an aromatic ring is 1. The molecule has 0 bridgehead atoms. The summed E-state index contributed by atoms with van der Waals surface area (Å²) in [5, 5.41) is 9.02. The lowest BCUT2D eigenvalue weighted by atomic mass is 10.2. The topological polar surface area (TPSA) is 69.6 Å². The van der Waals surface area contributed by atoms with Crippen LogP contribution in [0.15, 0.2) is 29.7 Å². The Kier molecular flexibility index (Phi) is 5.20. The average Bonchev–Trinajstić information content (AvgIpc) is 2.81. The van der Waals surface area contributed by atoms with E-state index in [4.69, 9.17) is 5.84 Å². The molecule has 0 fully saturated rings. The Morgan fingerprint density at radius 1 is 1.26 bits per heavy atom. The largest absolute Gasteiger partial charge is 0.335 e. The lowest BCUT2D eigenvalue weighted by Crippen LogP contribution is -2.11. The van der Waals surface area contributed by atoms with Crippen LogP contribution in [0.3, 0.4) is 0 Å². The first-order chi connectivity index (χ1) is 9.33. The van der Waals surface area contributed by atoms with Gasteiger partial charge in [-0.05, 0) is 18.6 Å². The molecule has 0 saturated carbocycles. The summed E-state index contributed by atoms with van der Waals surface area (Å²) < 4.78 is 1.54. The molecule has 2 rings (SSSR count). The van der Waals surface area contributed by atoms with Gasteiger partial charge in [-0.2, -0.15) is 0 Å². The van der Waals surface area contributed by atoms with Crippen molar-refractivity contribution in [3.8, 4) is 11.4 Å². The van der Waals surface area contributed by atoms with Crippen molar-refractivity contribution in [3.63, 3.8) is 0 Å². The average molecular weight is 277 g/mol. The van der Waals surface area contributed by atoms with Crippen molar-refractivity contribution in [1.29, 1.82) is 0 Å². The third-order valence-corrected chi connectivity index (χ3v) is 3.84. The molecule has 2 aromatic heterocycles. The zero-order valence-corrected chi connectivity index (χ0v) is 11.9. The molecule has 2 N–H and O–H groups in total. The highest BCUT2D eigenvalue weighted by atomic mass is 32.2. The van der Waals surface area contributed by atoms with Gasteiger partial charge in [-0.1, -0.05) is 37.9 Å². The Hall–Kier alpha value is -1.56. The lowest BCUT2D eigenvalue weighted by Gasteiger charge is -2.03. The summed E-state index contributed by atoms with van der Waals surface area (Å²) in [6, 6.07) is 3.79. The molecule has 6 heteroatoms. The number of thioether (sulfide) groups is 1. The maximum Gasteiger partial charge on any atom is 0.210 e. The second-order valence-electron chi connectivity index (χ2n) is 4.33. The van der Waals surface area contributed by atoms with Gasteiger partial charge >= 0.3 is 0 Å². The molecule has 19 heavy (non-hydrogen) atoms. The van der Waals surface area contributed by atoms with Gasteiger partial charge in [0, 0.05) is 23.7 Å². The normalized spacial score (nSPS) is 10.8. The van der Waals surface area contributed by atoms with Gasteiger partial charge in [-0.25, -0.2) is 4.68 Å². The van der Waals surface area contributed by atoms with Crippen molar-refractivity contribution in [1.82, 2.24) is 19.9 Å². The molecule has 0 aliphatic carbocycles. The summed E-state index contributed by atoms with van der Waals surface area (Å²) in [5.41, 5.74) is 0.885. The van der Waals surface area contributed by atoms with Gasteiger partial charge < -0.3 is 5.84 Å². The van der Waals surface area contributed by atoms with Gasteiger partial charge in [0.05, 0.1) is 0 Å². The molecular weight excluding hydrogens is 258 g/mol. The second kappa shape index (κ2) is 7.13. The molecule has 0 aliphatic rings. The van der Waals surface area contributed by atoms with Crippen LogP contribution in [-0.2, 0) is 0 Å². The van der Waals surface area contributed by atoms with Crippen LogP contribution in [0.5, 0.6) is 0 Å². The standard InChI is InChI=1S/C13H19N5S/c1-2-3-4-5-9-19-13-17-16-12(18(13)14)11-7-6-8-15-10-11/h6-8,10H,2-5,9,14H2,1H3. The Morgan fingerprint density at radius 3 is 2.89 bits per heavy atom. The van der Waals surface area contributed by atoms with Crippen LogP contribution >= 0.6 is 11.8 Å². The predicted octanol–water partition coefficient (Wildman–Crippen LogP) is 2.73. The van der Waals surface area contributed by atoms with Gasteiger partial charge in [0.1, 0.15) is 0 Å². The molecule has 0 spiro atoms. The zero-order chi connectivity index (χ0) is 13.5. The summed E-state index contributed by atoms with van der Waals surface area (Å²) in [5.74, 6) is 7.71. The number of pyridine rings is 1. The van der Waals surface area contributed by atoms with Crippen LogP contribution in [0.25, 0.3) is 11.4 Å². The minimum absolute atomic E-state index is 0.657. The number of unbranched alkanes of at least 4 members (excludes halogenated alkanes) is 3. The van der Waals surface area contributed by atoms with Gasteiger partial charge in [-0.3, -0.25) is 4.98 Å². The molecule has 0 aliphatic heterocycles. The fourth-order valence-electron chi connectivity index (χ4n) is 1.76. The van der Waals surface area contributed by atoms with E-state index in [1.165, 1.54) is 25.7 Å². The zero-order valence-electron chi connectivity index (χ0n) is 11.1. The van der Waals surface area contributed by atoms with Crippen molar-refractivity contribution >= 4 is 11.8 Å². The van der Waals surface area contributed by atoms with E-state index < -0.39 is 0 Å². The van der Waals surface area contributed by atoms with Crippen LogP contribution in [0, 0.1) is 0 Å². The number of rotatable bonds is 7. The lowest BCUT2D eigenvalue weighted by molar-refractivity contribution is 0.705. The third-order valence-electron chi connectivity index (χ3n) is 2.81. The van der Waals surface area contributed by atoms with Crippen molar-refractivity contribution in [2.45, 2.75) is 37.8 Å². The minimum Gasteiger partial charge on any atom is -0.335 e. The van der Waals surface area contributed by atoms with E-state index in [1.807, 2.05) is 12.1 Å². The molecule has 102 valence electrons. The van der Waals surface area contributed by atoms with Gasteiger partial charge in [-0.15, -0.1) is 10.2 Å². The summed E-state index contributed by atoms with van der Waals surface area (Å²) in [4.78, 5) is 4.06. The number of aromatic nitrogens is 4. The maximum absolute atomic E-state index is 6.02. The quantitative estimate of drug-likeness (QED) is 0.479. The number of hydrogen-bond acceptors (Lipinski definition) is 5. The van der Waals surface area contributed by atoms with Crippen LogP contribution in [0.1, 0.15) is 32.6 Å². The minimum atomic E-state index is 0.657. The van der Waals surface area contributed by atoms with Crippen molar-refractivity contribution in [3.05, 3.63) is 24.5 Å². The molecule has 0 atom stereocenters. The fourth-order valence-corrected chi connectivity index (χ4v) is 2.61. The van der Waals surface area contributed by atoms with Gasteiger partial charge in [0.25, 0.3) is 0 Å². The molecule has 5 nitrogen and oxygen atoms in total. The molecule has 0 amide bonds. The molecule has 0 saturated heterocycles. The molecule has 0 unspecified atom stereocenters. The highest BCUT2D eigenvalue weighted by Crippen LogP contribution is 2.21. The Balaban J connectivity index is 1.95. The highest BCUT2D eigenvalue weighted by molar-refractivity contribution is 7.99. The van der Waals surface area contributed by atoms with Crippen molar-refractivity contribution < 1.29 is 0 Å². The number of nitrogens with zero attached hydrogens (tertiary/aromatic N) is 4. The molecule has 0 radical (unpaired) electrons. The van der Waals surface area contributed by atoms with E-state index in [0.29, 0.717) is 5.82 Å². The number of nitrogens with two attached hydrogens (primary N) is 1. The van der Waals surface area contributed by atoms with Gasteiger partial charge in [0.2, 0.25) is 5.16 Å². The van der Waals surface area contributed by atoms with Crippen molar-refractivity contribution in [2.24, 2.45) is 0 Å². The smallest absolute Gasteiger partial charge is 0.210 e.